The van der Waals surface area contributed by atoms with Gasteiger partial charge in [-0.3, -0.25) is 0 Å². The molecule has 0 bridgehead atoms. The van der Waals surface area contributed by atoms with Crippen molar-refractivity contribution in [1.29, 1.82) is 0 Å². The van der Waals surface area contributed by atoms with E-state index >= 15 is 0 Å². The summed E-state index contributed by atoms with van der Waals surface area (Å²) in [6.45, 7) is 1.08. The molecule has 90 valence electrons. The molecule has 0 saturated carbocycles. The molecule has 15 heavy (non-hydrogen) atoms. The highest BCUT2D eigenvalue weighted by molar-refractivity contribution is 7.92. The second-order valence-corrected chi connectivity index (χ2v) is 6.30. The van der Waals surface area contributed by atoms with Crippen molar-refractivity contribution in [3.63, 3.8) is 0 Å². The van der Waals surface area contributed by atoms with E-state index < -0.39 is 15.9 Å². The number of nitrogens with one attached hydrogen (secondary N) is 1. The van der Waals surface area contributed by atoms with E-state index in [2.05, 4.69) is 5.32 Å². The van der Waals surface area contributed by atoms with E-state index in [4.69, 9.17) is 4.74 Å². The average molecular weight is 237 g/mol. The number of ether oxygens (including phenoxy) is 1. The van der Waals surface area contributed by atoms with Crippen LogP contribution >= 0.6 is 0 Å². The predicted molar refractivity (Wildman–Crippen MR) is 57.6 cm³/mol. The SMILES string of the molecule is COCC(O)CNCC1CCCS1(=O)=O. The molecule has 1 rings (SSSR count). The fourth-order valence-corrected chi connectivity index (χ4v) is 3.55. The molecule has 2 N–H and O–H groups in total. The summed E-state index contributed by atoms with van der Waals surface area (Å²) >= 11 is 0. The van der Waals surface area contributed by atoms with Crippen molar-refractivity contribution < 1.29 is 18.3 Å². The Hall–Kier alpha value is -0.170. The summed E-state index contributed by atoms with van der Waals surface area (Å²) in [7, 11) is -1.35. The topological polar surface area (TPSA) is 75.6 Å². The lowest BCUT2D eigenvalue weighted by molar-refractivity contribution is 0.0647. The van der Waals surface area contributed by atoms with Gasteiger partial charge in [0.1, 0.15) is 0 Å². The number of aliphatic hydroxyl groups is 1. The molecule has 1 aliphatic rings. The van der Waals surface area contributed by atoms with E-state index in [1.165, 1.54) is 7.11 Å². The van der Waals surface area contributed by atoms with Gasteiger partial charge < -0.3 is 15.2 Å². The Morgan fingerprint density at radius 2 is 2.33 bits per heavy atom. The lowest BCUT2D eigenvalue weighted by Gasteiger charge is -2.13. The van der Waals surface area contributed by atoms with Crippen LogP contribution < -0.4 is 5.32 Å². The summed E-state index contributed by atoms with van der Waals surface area (Å²) in [6, 6.07) is 0. The first-order valence-corrected chi connectivity index (χ1v) is 6.87. The van der Waals surface area contributed by atoms with E-state index in [1.54, 1.807) is 0 Å². The largest absolute Gasteiger partial charge is 0.389 e. The summed E-state index contributed by atoms with van der Waals surface area (Å²) in [4.78, 5) is 0. The fraction of sp³-hybridized carbons (Fsp3) is 1.00. The van der Waals surface area contributed by atoms with Crippen LogP contribution in [0.1, 0.15) is 12.8 Å². The van der Waals surface area contributed by atoms with Gasteiger partial charge in [-0.25, -0.2) is 8.42 Å². The van der Waals surface area contributed by atoms with E-state index in [1.807, 2.05) is 0 Å². The third-order valence-corrected chi connectivity index (χ3v) is 4.85. The van der Waals surface area contributed by atoms with Crippen molar-refractivity contribution in [1.82, 2.24) is 5.32 Å². The summed E-state index contributed by atoms with van der Waals surface area (Å²) in [5.41, 5.74) is 0. The molecule has 0 amide bonds. The molecule has 5 nitrogen and oxygen atoms in total. The van der Waals surface area contributed by atoms with Crippen molar-refractivity contribution in [3.05, 3.63) is 0 Å². The summed E-state index contributed by atoms with van der Waals surface area (Å²) < 4.78 is 27.6. The third-order valence-electron chi connectivity index (χ3n) is 2.57. The molecule has 0 radical (unpaired) electrons. The molecule has 2 atom stereocenters. The van der Waals surface area contributed by atoms with Gasteiger partial charge in [0.25, 0.3) is 0 Å². The van der Waals surface area contributed by atoms with E-state index in [0.717, 1.165) is 12.8 Å². The van der Waals surface area contributed by atoms with Gasteiger partial charge in [0.2, 0.25) is 0 Å². The molecule has 0 aromatic rings. The van der Waals surface area contributed by atoms with Gasteiger partial charge in [-0.2, -0.15) is 0 Å². The Bertz CT molecular complexity index is 278. The third kappa shape index (κ3) is 4.06. The number of rotatable bonds is 6. The standard InChI is InChI=1S/C9H19NO4S/c1-14-7-8(11)5-10-6-9-3-2-4-15(9,12)13/h8-11H,2-7H2,1H3. The molecule has 1 saturated heterocycles. The number of aliphatic hydroxyl groups excluding tert-OH is 1. The van der Waals surface area contributed by atoms with Crippen LogP contribution in [0.3, 0.4) is 0 Å². The Balaban J connectivity index is 2.20. The van der Waals surface area contributed by atoms with Crippen LogP contribution in [0, 0.1) is 0 Å². The number of methoxy groups -OCH3 is 1. The number of hydrogen-bond donors (Lipinski definition) is 2. The minimum Gasteiger partial charge on any atom is -0.389 e. The molecule has 0 aromatic heterocycles. The van der Waals surface area contributed by atoms with Crippen LogP contribution in [0.25, 0.3) is 0 Å². The quantitative estimate of drug-likeness (QED) is 0.630. The average Bonchev–Trinajstić information content (AvgIpc) is 2.46. The molecular formula is C9H19NO4S. The maximum Gasteiger partial charge on any atom is 0.154 e. The molecule has 1 fully saturated rings. The first-order valence-electron chi connectivity index (χ1n) is 5.15. The maximum absolute atomic E-state index is 11.4. The van der Waals surface area contributed by atoms with Crippen molar-refractivity contribution in [2.45, 2.75) is 24.2 Å². The smallest absolute Gasteiger partial charge is 0.154 e. The lowest BCUT2D eigenvalue weighted by Crippen LogP contribution is -2.36. The second-order valence-electron chi connectivity index (χ2n) is 3.90. The molecule has 0 aliphatic carbocycles. The van der Waals surface area contributed by atoms with Gasteiger partial charge in [-0.15, -0.1) is 0 Å². The van der Waals surface area contributed by atoms with Gasteiger partial charge in [-0.1, -0.05) is 0 Å². The molecular weight excluding hydrogens is 218 g/mol. The van der Waals surface area contributed by atoms with Crippen LogP contribution in [0.2, 0.25) is 0 Å². The van der Waals surface area contributed by atoms with E-state index in [9.17, 15) is 13.5 Å². The van der Waals surface area contributed by atoms with Gasteiger partial charge in [0.15, 0.2) is 9.84 Å². The molecule has 0 spiro atoms. The molecule has 1 heterocycles. The Morgan fingerprint density at radius 3 is 2.87 bits per heavy atom. The first-order chi connectivity index (χ1) is 7.06. The predicted octanol–water partition coefficient (Wildman–Crippen LogP) is -0.839. The molecule has 6 heteroatoms. The van der Waals surface area contributed by atoms with Gasteiger partial charge >= 0.3 is 0 Å². The molecule has 1 aliphatic heterocycles. The van der Waals surface area contributed by atoms with Crippen molar-refractivity contribution in [2.24, 2.45) is 0 Å². The van der Waals surface area contributed by atoms with E-state index in [-0.39, 0.29) is 11.9 Å². The molecule has 0 aromatic carbocycles. The minimum absolute atomic E-state index is 0.268. The van der Waals surface area contributed by atoms with Crippen LogP contribution in [-0.4, -0.2) is 57.4 Å². The first kappa shape index (κ1) is 12.9. The fourth-order valence-electron chi connectivity index (χ4n) is 1.75. The van der Waals surface area contributed by atoms with Crippen LogP contribution in [-0.2, 0) is 14.6 Å². The zero-order valence-corrected chi connectivity index (χ0v) is 9.79. The monoisotopic (exact) mass is 237 g/mol. The molecule has 2 unspecified atom stereocenters. The Labute approximate surface area is 90.7 Å². The highest BCUT2D eigenvalue weighted by Crippen LogP contribution is 2.18. The van der Waals surface area contributed by atoms with Crippen LogP contribution in [0.15, 0.2) is 0 Å². The van der Waals surface area contributed by atoms with Gasteiger partial charge in [0.05, 0.1) is 23.7 Å². The van der Waals surface area contributed by atoms with Gasteiger partial charge in [0, 0.05) is 20.2 Å². The van der Waals surface area contributed by atoms with Gasteiger partial charge in [-0.05, 0) is 12.8 Å². The van der Waals surface area contributed by atoms with Crippen molar-refractivity contribution in [3.8, 4) is 0 Å². The van der Waals surface area contributed by atoms with Crippen molar-refractivity contribution >= 4 is 9.84 Å². The number of hydrogen-bond acceptors (Lipinski definition) is 5. The summed E-state index contributed by atoms with van der Waals surface area (Å²) in [5, 5.41) is 12.0. The van der Waals surface area contributed by atoms with Crippen LogP contribution in [0.4, 0.5) is 0 Å². The minimum atomic E-state index is -2.87. The second kappa shape index (κ2) is 5.79. The Morgan fingerprint density at radius 1 is 1.60 bits per heavy atom. The summed E-state index contributed by atoms with van der Waals surface area (Å²) in [5.74, 6) is 0.306. The highest BCUT2D eigenvalue weighted by Gasteiger charge is 2.30. The van der Waals surface area contributed by atoms with E-state index in [0.29, 0.717) is 18.8 Å². The van der Waals surface area contributed by atoms with Crippen molar-refractivity contribution in [2.75, 3.05) is 32.6 Å². The number of sulfone groups is 1. The normalized spacial score (nSPS) is 26.7. The van der Waals surface area contributed by atoms with Crippen LogP contribution in [0.5, 0.6) is 0 Å². The maximum atomic E-state index is 11.4. The highest BCUT2D eigenvalue weighted by atomic mass is 32.2. The zero-order chi connectivity index (χ0) is 11.3. The Kier molecular flexibility index (Phi) is 4.98. The zero-order valence-electron chi connectivity index (χ0n) is 8.98. The lowest BCUT2D eigenvalue weighted by atomic mass is 10.2. The summed E-state index contributed by atoms with van der Waals surface area (Å²) in [6.07, 6.45) is 0.921.